The number of nitro groups is 1. The number of hydrogen-bond donors (Lipinski definition) is 1. The zero-order valence-corrected chi connectivity index (χ0v) is 15.8. The number of amides is 1. The molecule has 27 heavy (non-hydrogen) atoms. The van der Waals surface area contributed by atoms with Gasteiger partial charge in [0.2, 0.25) is 17.6 Å². The van der Waals surface area contributed by atoms with Gasteiger partial charge in [-0.15, -0.1) is 10.2 Å². The van der Waals surface area contributed by atoms with Gasteiger partial charge in [0.15, 0.2) is 0 Å². The molecule has 0 aliphatic carbocycles. The maximum Gasteiger partial charge on any atom is 0.306 e. The predicted octanol–water partition coefficient (Wildman–Crippen LogP) is 4.28. The van der Waals surface area contributed by atoms with Gasteiger partial charge >= 0.3 is 5.69 Å². The number of anilines is 1. The molecule has 8 nitrogen and oxygen atoms in total. The van der Waals surface area contributed by atoms with Gasteiger partial charge in [-0.3, -0.25) is 14.9 Å². The molecule has 0 atom stereocenters. The van der Waals surface area contributed by atoms with Crippen molar-refractivity contribution < 1.29 is 18.5 Å². The van der Waals surface area contributed by atoms with Crippen molar-refractivity contribution in [2.75, 3.05) is 11.1 Å². The molecule has 0 radical (unpaired) electrons. The lowest BCUT2D eigenvalue weighted by atomic mass is 10.2. The number of halogens is 2. The number of thioether (sulfide) groups is 1. The third kappa shape index (κ3) is 4.68. The molecule has 0 saturated heterocycles. The lowest BCUT2D eigenvalue weighted by molar-refractivity contribution is -0.387. The number of nitro benzene ring substituents is 1. The van der Waals surface area contributed by atoms with Crippen LogP contribution in [0.3, 0.4) is 0 Å². The zero-order valence-electron chi connectivity index (χ0n) is 13.4. The molecule has 138 valence electrons. The SMILES string of the molecule is O=C(CSc1nnc(-c2ccccc2Br)o1)Nc1ccc(F)c([N+](=O)[O-])c1. The summed E-state index contributed by atoms with van der Waals surface area (Å²) in [6.07, 6.45) is 0. The first-order valence-electron chi connectivity index (χ1n) is 7.39. The van der Waals surface area contributed by atoms with E-state index in [1.54, 1.807) is 6.07 Å². The van der Waals surface area contributed by atoms with E-state index in [4.69, 9.17) is 4.42 Å². The summed E-state index contributed by atoms with van der Waals surface area (Å²) in [5, 5.41) is 21.2. The largest absolute Gasteiger partial charge is 0.411 e. The summed E-state index contributed by atoms with van der Waals surface area (Å²) in [7, 11) is 0. The van der Waals surface area contributed by atoms with Gasteiger partial charge < -0.3 is 9.73 Å². The molecule has 0 aliphatic rings. The number of nitrogens with zero attached hydrogens (tertiary/aromatic N) is 3. The summed E-state index contributed by atoms with van der Waals surface area (Å²) >= 11 is 4.40. The molecule has 0 aliphatic heterocycles. The van der Waals surface area contributed by atoms with Crippen molar-refractivity contribution in [1.29, 1.82) is 0 Å². The van der Waals surface area contributed by atoms with Gasteiger partial charge in [0.1, 0.15) is 0 Å². The van der Waals surface area contributed by atoms with Crippen molar-refractivity contribution in [3.8, 4) is 11.5 Å². The van der Waals surface area contributed by atoms with E-state index < -0.39 is 22.3 Å². The Labute approximate surface area is 164 Å². The van der Waals surface area contributed by atoms with E-state index in [-0.39, 0.29) is 16.7 Å². The minimum atomic E-state index is -0.974. The quantitative estimate of drug-likeness (QED) is 0.337. The molecule has 1 aromatic heterocycles. The minimum Gasteiger partial charge on any atom is -0.411 e. The molecule has 0 unspecified atom stereocenters. The van der Waals surface area contributed by atoms with E-state index in [1.807, 2.05) is 18.2 Å². The first-order chi connectivity index (χ1) is 12.9. The van der Waals surface area contributed by atoms with Crippen molar-refractivity contribution in [2.24, 2.45) is 0 Å². The number of hydrogen-bond acceptors (Lipinski definition) is 7. The number of benzene rings is 2. The van der Waals surface area contributed by atoms with Crippen LogP contribution in [0.15, 0.2) is 56.6 Å². The van der Waals surface area contributed by atoms with Crippen LogP contribution in [-0.2, 0) is 4.79 Å². The van der Waals surface area contributed by atoms with Crippen LogP contribution in [0.2, 0.25) is 0 Å². The average Bonchev–Trinajstić information content (AvgIpc) is 3.10. The van der Waals surface area contributed by atoms with Crippen molar-refractivity contribution in [1.82, 2.24) is 10.2 Å². The fourth-order valence-electron chi connectivity index (χ4n) is 2.07. The molecule has 2 aromatic carbocycles. The lowest BCUT2D eigenvalue weighted by Crippen LogP contribution is -2.14. The summed E-state index contributed by atoms with van der Waals surface area (Å²) in [5.41, 5.74) is 0.128. The van der Waals surface area contributed by atoms with E-state index in [1.165, 1.54) is 6.07 Å². The van der Waals surface area contributed by atoms with E-state index >= 15 is 0 Å². The topological polar surface area (TPSA) is 111 Å². The molecule has 1 N–H and O–H groups in total. The molecule has 3 aromatic rings. The van der Waals surface area contributed by atoms with Gasteiger partial charge in [-0.2, -0.15) is 4.39 Å². The Morgan fingerprint density at radius 1 is 1.30 bits per heavy atom. The highest BCUT2D eigenvalue weighted by Gasteiger charge is 2.16. The van der Waals surface area contributed by atoms with Crippen LogP contribution in [0.4, 0.5) is 15.8 Å². The van der Waals surface area contributed by atoms with Gasteiger partial charge in [-0.05, 0) is 40.2 Å². The van der Waals surface area contributed by atoms with Crippen molar-refractivity contribution in [3.63, 3.8) is 0 Å². The summed E-state index contributed by atoms with van der Waals surface area (Å²) in [6, 6.07) is 10.4. The van der Waals surface area contributed by atoms with Crippen molar-refractivity contribution in [2.45, 2.75) is 5.22 Å². The molecule has 0 fully saturated rings. The number of nitrogens with one attached hydrogen (secondary N) is 1. The highest BCUT2D eigenvalue weighted by molar-refractivity contribution is 9.10. The third-order valence-corrected chi connectivity index (χ3v) is 4.77. The smallest absolute Gasteiger partial charge is 0.306 e. The Morgan fingerprint density at radius 2 is 2.07 bits per heavy atom. The Morgan fingerprint density at radius 3 is 2.81 bits per heavy atom. The second-order valence-electron chi connectivity index (χ2n) is 5.11. The molecule has 1 amide bonds. The molecule has 3 rings (SSSR count). The van der Waals surface area contributed by atoms with Gasteiger partial charge in [0, 0.05) is 16.2 Å². The fraction of sp³-hybridized carbons (Fsp3) is 0.0625. The van der Waals surface area contributed by atoms with Crippen LogP contribution in [0.25, 0.3) is 11.5 Å². The average molecular weight is 453 g/mol. The lowest BCUT2D eigenvalue weighted by Gasteiger charge is -2.04. The van der Waals surface area contributed by atoms with E-state index in [9.17, 15) is 19.3 Å². The standard InChI is InChI=1S/C16H10BrFN4O4S/c17-11-4-2-1-3-10(11)15-20-21-16(26-15)27-8-14(23)19-9-5-6-12(18)13(7-9)22(24)25/h1-7H,8H2,(H,19,23). The van der Waals surface area contributed by atoms with Crippen LogP contribution >= 0.6 is 27.7 Å². The van der Waals surface area contributed by atoms with Crippen LogP contribution in [0.1, 0.15) is 0 Å². The fourth-order valence-corrected chi connectivity index (χ4v) is 3.08. The Bertz CT molecular complexity index is 1010. The Balaban J connectivity index is 1.61. The number of carbonyl (C=O) groups excluding carboxylic acids is 1. The molecular formula is C16H10BrFN4O4S. The van der Waals surface area contributed by atoms with Crippen molar-refractivity contribution in [3.05, 3.63) is 62.9 Å². The third-order valence-electron chi connectivity index (χ3n) is 3.26. The predicted molar refractivity (Wildman–Crippen MR) is 99.8 cm³/mol. The normalized spacial score (nSPS) is 10.6. The summed E-state index contributed by atoms with van der Waals surface area (Å²) in [6.45, 7) is 0. The number of carbonyl (C=O) groups is 1. The summed E-state index contributed by atoms with van der Waals surface area (Å²) in [4.78, 5) is 21.9. The van der Waals surface area contributed by atoms with Gasteiger partial charge in [0.05, 0.1) is 16.2 Å². The van der Waals surface area contributed by atoms with Crippen molar-refractivity contribution >= 4 is 45.0 Å². The zero-order chi connectivity index (χ0) is 19.4. The minimum absolute atomic E-state index is 0.0667. The number of aromatic nitrogens is 2. The van der Waals surface area contributed by atoms with Crippen LogP contribution in [0.5, 0.6) is 0 Å². The van der Waals surface area contributed by atoms with E-state index in [0.29, 0.717) is 5.89 Å². The second kappa shape index (κ2) is 8.27. The first kappa shape index (κ1) is 19.0. The molecule has 0 bridgehead atoms. The first-order valence-corrected chi connectivity index (χ1v) is 9.17. The summed E-state index contributed by atoms with van der Waals surface area (Å²) in [5.74, 6) is -1.19. The Hall–Kier alpha value is -2.79. The highest BCUT2D eigenvalue weighted by Crippen LogP contribution is 2.29. The van der Waals surface area contributed by atoms with Crippen LogP contribution in [0, 0.1) is 15.9 Å². The van der Waals surface area contributed by atoms with E-state index in [2.05, 4.69) is 31.4 Å². The Kier molecular flexibility index (Phi) is 5.81. The molecule has 11 heteroatoms. The van der Waals surface area contributed by atoms with Gasteiger partial charge in [0.25, 0.3) is 5.22 Å². The molecule has 0 spiro atoms. The molecular weight excluding hydrogens is 443 g/mol. The van der Waals surface area contributed by atoms with Gasteiger partial charge in [-0.1, -0.05) is 23.9 Å². The van der Waals surface area contributed by atoms with Gasteiger partial charge in [-0.25, -0.2) is 0 Å². The van der Waals surface area contributed by atoms with E-state index in [0.717, 1.165) is 33.9 Å². The number of rotatable bonds is 6. The molecule has 0 saturated carbocycles. The second-order valence-corrected chi connectivity index (χ2v) is 6.89. The van der Waals surface area contributed by atoms with Crippen LogP contribution in [-0.4, -0.2) is 26.8 Å². The molecule has 1 heterocycles. The maximum absolute atomic E-state index is 13.3. The van der Waals surface area contributed by atoms with Crippen LogP contribution < -0.4 is 5.32 Å². The highest BCUT2D eigenvalue weighted by atomic mass is 79.9. The monoisotopic (exact) mass is 452 g/mol. The maximum atomic E-state index is 13.3. The summed E-state index contributed by atoms with van der Waals surface area (Å²) < 4.78 is 19.6.